The molecule has 1 amide bonds. The van der Waals surface area contributed by atoms with Gasteiger partial charge in [0, 0.05) is 17.8 Å². The number of carbonyl (C=O) groups is 1. The van der Waals surface area contributed by atoms with Gasteiger partial charge >= 0.3 is 0 Å². The number of hydrazine groups is 1. The van der Waals surface area contributed by atoms with Crippen molar-refractivity contribution in [1.82, 2.24) is 10.3 Å². The average molecular weight is 296 g/mol. The number of aryl methyl sites for hydroxylation is 1. The quantitative estimate of drug-likeness (QED) is 0.370. The fraction of sp³-hybridized carbons (Fsp3) is 0.571. The van der Waals surface area contributed by atoms with Crippen LogP contribution in [-0.2, 0) is 0 Å². The summed E-state index contributed by atoms with van der Waals surface area (Å²) in [5.74, 6) is 6.97. The minimum absolute atomic E-state index is 0.0730. The lowest BCUT2D eigenvalue weighted by Gasteiger charge is -2.07. The first-order chi connectivity index (χ1) is 9.67. The first kappa shape index (κ1) is 16.8. The number of aromatic nitrogens is 1. The molecule has 0 aliphatic carbocycles. The summed E-state index contributed by atoms with van der Waals surface area (Å²) < 4.78 is 0. The number of rotatable bonds is 9. The van der Waals surface area contributed by atoms with E-state index in [4.69, 9.17) is 5.84 Å². The van der Waals surface area contributed by atoms with Gasteiger partial charge in [0.05, 0.1) is 0 Å². The van der Waals surface area contributed by atoms with E-state index in [0.717, 1.165) is 18.5 Å². The lowest BCUT2D eigenvalue weighted by atomic mass is 10.2. The molecule has 0 aliphatic heterocycles. The van der Waals surface area contributed by atoms with E-state index in [0.29, 0.717) is 17.9 Å². The van der Waals surface area contributed by atoms with Gasteiger partial charge in [-0.05, 0) is 43.9 Å². The van der Waals surface area contributed by atoms with Gasteiger partial charge in [-0.2, -0.15) is 11.8 Å². The Morgan fingerprint density at radius 2 is 2.05 bits per heavy atom. The van der Waals surface area contributed by atoms with Gasteiger partial charge in [0.15, 0.2) is 0 Å². The lowest BCUT2D eigenvalue weighted by molar-refractivity contribution is 0.0953. The summed E-state index contributed by atoms with van der Waals surface area (Å²) in [5.41, 5.74) is 3.82. The number of amides is 1. The molecule has 1 aromatic rings. The third kappa shape index (κ3) is 6.25. The molecule has 4 N–H and O–H groups in total. The number of anilines is 1. The molecule has 0 spiro atoms. The predicted octanol–water partition coefficient (Wildman–Crippen LogP) is 2.33. The van der Waals surface area contributed by atoms with E-state index >= 15 is 0 Å². The van der Waals surface area contributed by atoms with E-state index in [2.05, 4.69) is 22.0 Å². The maximum absolute atomic E-state index is 12.0. The highest BCUT2D eigenvalue weighted by molar-refractivity contribution is 7.98. The third-order valence-corrected chi connectivity index (χ3v) is 3.62. The van der Waals surface area contributed by atoms with Gasteiger partial charge < -0.3 is 10.7 Å². The molecule has 0 radical (unpaired) electrons. The monoisotopic (exact) mass is 296 g/mol. The number of nitrogen functional groups attached to an aromatic ring is 1. The van der Waals surface area contributed by atoms with Gasteiger partial charge in [0.1, 0.15) is 5.82 Å². The topological polar surface area (TPSA) is 80.0 Å². The molecule has 0 saturated carbocycles. The number of nitrogens with one attached hydrogen (secondary N) is 2. The van der Waals surface area contributed by atoms with Crippen LogP contribution in [0.5, 0.6) is 0 Å². The average Bonchev–Trinajstić information content (AvgIpc) is 2.45. The van der Waals surface area contributed by atoms with Crippen molar-refractivity contribution in [2.24, 2.45) is 5.84 Å². The first-order valence-electron chi connectivity index (χ1n) is 6.90. The zero-order chi connectivity index (χ0) is 14.8. The molecule has 1 heterocycles. The fourth-order valence-corrected chi connectivity index (χ4v) is 2.40. The van der Waals surface area contributed by atoms with Crippen LogP contribution < -0.4 is 16.6 Å². The van der Waals surface area contributed by atoms with Crippen LogP contribution in [0.3, 0.4) is 0 Å². The molecule has 0 aromatic carbocycles. The molecule has 1 rings (SSSR count). The molecule has 6 heteroatoms. The van der Waals surface area contributed by atoms with Gasteiger partial charge in [-0.25, -0.2) is 10.8 Å². The van der Waals surface area contributed by atoms with Crippen LogP contribution in [-0.4, -0.2) is 29.4 Å². The number of carbonyl (C=O) groups excluding carboxylic acids is 1. The van der Waals surface area contributed by atoms with Gasteiger partial charge in [-0.1, -0.05) is 12.8 Å². The van der Waals surface area contributed by atoms with Crippen molar-refractivity contribution in [2.75, 3.05) is 24.0 Å². The highest BCUT2D eigenvalue weighted by atomic mass is 32.2. The fourth-order valence-electron chi connectivity index (χ4n) is 1.90. The third-order valence-electron chi connectivity index (χ3n) is 2.92. The number of pyridine rings is 1. The number of nitrogens with zero attached hydrogens (tertiary/aromatic N) is 1. The molecule has 0 fully saturated rings. The summed E-state index contributed by atoms with van der Waals surface area (Å²) in [4.78, 5) is 16.1. The van der Waals surface area contributed by atoms with E-state index in [9.17, 15) is 4.79 Å². The summed E-state index contributed by atoms with van der Waals surface area (Å²) in [5, 5.41) is 2.93. The molecule has 0 atom stereocenters. The predicted molar refractivity (Wildman–Crippen MR) is 86.0 cm³/mol. The van der Waals surface area contributed by atoms with Crippen LogP contribution in [0.1, 0.15) is 41.7 Å². The molecule has 112 valence electrons. The summed E-state index contributed by atoms with van der Waals surface area (Å²) in [6.45, 7) is 2.55. The molecule has 0 saturated heterocycles. The summed E-state index contributed by atoms with van der Waals surface area (Å²) >= 11 is 1.88. The van der Waals surface area contributed by atoms with E-state index < -0.39 is 0 Å². The van der Waals surface area contributed by atoms with Crippen LogP contribution >= 0.6 is 11.8 Å². The largest absolute Gasteiger partial charge is 0.352 e. The Kier molecular flexibility index (Phi) is 8.06. The van der Waals surface area contributed by atoms with E-state index in [1.54, 1.807) is 12.1 Å². The lowest BCUT2D eigenvalue weighted by Crippen LogP contribution is -2.25. The van der Waals surface area contributed by atoms with Crippen molar-refractivity contribution in [2.45, 2.75) is 32.6 Å². The van der Waals surface area contributed by atoms with Crippen molar-refractivity contribution in [3.05, 3.63) is 23.4 Å². The zero-order valence-electron chi connectivity index (χ0n) is 12.2. The number of unbranched alkanes of at least 4 members (excludes halogenated alkanes) is 3. The second kappa shape index (κ2) is 9.61. The minimum Gasteiger partial charge on any atom is -0.352 e. The molecule has 0 unspecified atom stereocenters. The second-order valence-corrected chi connectivity index (χ2v) is 5.68. The van der Waals surface area contributed by atoms with Crippen LogP contribution in [0.15, 0.2) is 12.1 Å². The molecule has 20 heavy (non-hydrogen) atoms. The van der Waals surface area contributed by atoms with Crippen molar-refractivity contribution < 1.29 is 4.79 Å². The Morgan fingerprint density at radius 3 is 2.75 bits per heavy atom. The van der Waals surface area contributed by atoms with Crippen LogP contribution in [0.2, 0.25) is 0 Å². The Balaban J connectivity index is 2.30. The molecule has 0 bridgehead atoms. The number of thioether (sulfide) groups is 1. The van der Waals surface area contributed by atoms with Crippen molar-refractivity contribution in [1.29, 1.82) is 0 Å². The molecule has 0 aliphatic rings. The van der Waals surface area contributed by atoms with Gasteiger partial charge in [-0.15, -0.1) is 0 Å². The Hall–Kier alpha value is -1.27. The van der Waals surface area contributed by atoms with E-state index in [1.807, 2.05) is 18.7 Å². The van der Waals surface area contributed by atoms with Gasteiger partial charge in [-0.3, -0.25) is 4.79 Å². The highest BCUT2D eigenvalue weighted by Gasteiger charge is 2.07. The maximum atomic E-state index is 12.0. The van der Waals surface area contributed by atoms with E-state index in [1.165, 1.54) is 18.6 Å². The normalized spacial score (nSPS) is 10.3. The maximum Gasteiger partial charge on any atom is 0.251 e. The molecule has 1 aromatic heterocycles. The Labute approximate surface area is 125 Å². The van der Waals surface area contributed by atoms with Crippen LogP contribution in [0.4, 0.5) is 5.82 Å². The molecular formula is C14H24N4OS. The number of hydrogen-bond donors (Lipinski definition) is 3. The SMILES string of the molecule is CSCCCCCCNC(=O)c1cc(C)nc(NN)c1. The Morgan fingerprint density at radius 1 is 1.30 bits per heavy atom. The van der Waals surface area contributed by atoms with E-state index in [-0.39, 0.29) is 5.91 Å². The van der Waals surface area contributed by atoms with Gasteiger partial charge in [0.2, 0.25) is 0 Å². The Bertz CT molecular complexity index is 426. The molecule has 5 nitrogen and oxygen atoms in total. The number of hydrogen-bond acceptors (Lipinski definition) is 5. The zero-order valence-corrected chi connectivity index (χ0v) is 13.1. The summed E-state index contributed by atoms with van der Waals surface area (Å²) in [6.07, 6.45) is 6.79. The number of nitrogens with two attached hydrogens (primary N) is 1. The summed E-state index contributed by atoms with van der Waals surface area (Å²) in [7, 11) is 0. The second-order valence-electron chi connectivity index (χ2n) is 4.69. The van der Waals surface area contributed by atoms with Crippen molar-refractivity contribution >= 4 is 23.5 Å². The minimum atomic E-state index is -0.0730. The molecular weight excluding hydrogens is 272 g/mol. The smallest absolute Gasteiger partial charge is 0.251 e. The first-order valence-corrected chi connectivity index (χ1v) is 8.29. The summed E-state index contributed by atoms with van der Waals surface area (Å²) in [6, 6.07) is 3.41. The standard InChI is InChI=1S/C14H24N4OS/c1-11-9-12(10-13(17-11)18-15)14(19)16-7-5-3-4-6-8-20-2/h9-10H,3-8,15H2,1-2H3,(H,16,19)(H,17,18). The van der Waals surface area contributed by atoms with Gasteiger partial charge in [0.25, 0.3) is 5.91 Å². The highest BCUT2D eigenvalue weighted by Crippen LogP contribution is 2.09. The van der Waals surface area contributed by atoms with Crippen molar-refractivity contribution in [3.8, 4) is 0 Å². The van der Waals surface area contributed by atoms with Crippen molar-refractivity contribution in [3.63, 3.8) is 0 Å². The van der Waals surface area contributed by atoms with Crippen LogP contribution in [0, 0.1) is 6.92 Å². The van der Waals surface area contributed by atoms with Crippen LogP contribution in [0.25, 0.3) is 0 Å².